The third kappa shape index (κ3) is 21.5. The third-order valence-electron chi connectivity index (χ3n) is 25.3. The summed E-state index contributed by atoms with van der Waals surface area (Å²) in [5, 5.41) is 23.1. The monoisotopic (exact) mass is 1900 g/mol. The molecular weight excluding hydrogens is 1800 g/mol. The lowest BCUT2D eigenvalue weighted by Gasteiger charge is -2.35. The summed E-state index contributed by atoms with van der Waals surface area (Å²) >= 11 is 12.3. The molecule has 0 spiro atoms. The van der Waals surface area contributed by atoms with E-state index in [0.717, 1.165) is 159 Å². The average Bonchev–Trinajstić information content (AvgIpc) is 0.948. The first-order chi connectivity index (χ1) is 68.1. The fourth-order valence-corrected chi connectivity index (χ4v) is 18.3. The zero-order valence-corrected chi connectivity index (χ0v) is 78.7. The Morgan fingerprint density at radius 2 is 0.971 bits per heavy atom. The molecule has 7 aromatic carbocycles. The summed E-state index contributed by atoms with van der Waals surface area (Å²) in [5.74, 6) is 4.75. The van der Waals surface area contributed by atoms with Crippen molar-refractivity contribution in [3.05, 3.63) is 350 Å². The molecule has 22 rings (SSSR count). The zero-order chi connectivity index (χ0) is 96.4. The lowest BCUT2D eigenvalue weighted by molar-refractivity contribution is -0.111. The van der Waals surface area contributed by atoms with Crippen LogP contribution in [0.4, 0.5) is 34.3 Å². The number of pyridine rings is 3. The highest BCUT2D eigenvalue weighted by molar-refractivity contribution is 6.39. The van der Waals surface area contributed by atoms with Gasteiger partial charge >= 0.3 is 0 Å². The lowest BCUT2D eigenvalue weighted by atomic mass is 10.0. The fraction of sp³-hybridized carbons (Fsp3) is 0.189. The van der Waals surface area contributed by atoms with Crippen LogP contribution in [0.1, 0.15) is 138 Å². The summed E-state index contributed by atoms with van der Waals surface area (Å²) in [6.07, 6.45) is 20.6. The number of aryl methyl sites for hydroxylation is 2. The van der Waals surface area contributed by atoms with Gasteiger partial charge in [0.2, 0.25) is 0 Å². The number of piperidine rings is 1. The van der Waals surface area contributed by atoms with Gasteiger partial charge < -0.3 is 74.5 Å². The number of benzene rings is 7. The Balaban J connectivity index is 0.000000119. The Kier molecular flexibility index (Phi) is 27.7. The molecule has 7 amide bonds. The largest absolute Gasteiger partial charge is 0.457 e. The van der Waals surface area contributed by atoms with Crippen molar-refractivity contribution >= 4 is 156 Å². The molecular formula is C111H98Cl2N16O11. The van der Waals surface area contributed by atoms with Crippen molar-refractivity contribution in [1.29, 1.82) is 0 Å². The van der Waals surface area contributed by atoms with Gasteiger partial charge in [0.1, 0.15) is 57.6 Å². The molecule has 0 atom stereocenters. The number of amides is 7. The van der Waals surface area contributed by atoms with Crippen molar-refractivity contribution in [2.45, 2.75) is 71.5 Å². The van der Waals surface area contributed by atoms with Crippen LogP contribution < -0.4 is 42.1 Å². The van der Waals surface area contributed by atoms with Crippen LogP contribution in [0.15, 0.2) is 273 Å². The van der Waals surface area contributed by atoms with Crippen LogP contribution in [-0.4, -0.2) is 153 Å². The minimum atomic E-state index is -0.208. The van der Waals surface area contributed by atoms with Gasteiger partial charge in [-0.1, -0.05) is 96.0 Å². The summed E-state index contributed by atoms with van der Waals surface area (Å²) in [4.78, 5) is 119. The number of carbonyl (C=O) groups is 7. The van der Waals surface area contributed by atoms with Crippen molar-refractivity contribution in [1.82, 2.24) is 50.3 Å². The molecule has 3 saturated heterocycles. The standard InChI is InChI=1S/C30H25ClN4O3.C29H27ClN4O2.C26H26N4O3.C26H20N4O3/c31-22-6-8-26-24(16-22)25(30(37)34-26)17-23-7-9-27(38-23)20-4-3-5-21(15-20)29(36)33-18-19-10-11-32-28(14-19)35-12-1-2-13-35;1-18-15-26(31-11-14-34-12-2-3-13-34)21-5-4-6-22(28(21)32-18)27-10-8-20(36-27)17-24-23-16-19(30)7-9-25(23)33-29(24)35;1-29(2)18-11-13-30(14-12-18)26(32)23-9-7-17(16-27-23)24-10-8-19(33-24)15-21-20-5-3-4-6-22(20)28-25(21)31;1-16-13-28-19(14-27-16)15-29-25(31)18-8-6-17(7-9-18)24-11-10-20(33-24)12-22-21-4-2-3-5-23(21)30-26(22)32/h3-11,14-17H,1-2,12-13,18H2,(H,33,36)(H,34,37);4-10,15-17H,2-3,11-14H2,1H3,(H,31,32)(H,33,35);3-10,15-16,18H,11-14H2,1-2H3,(H,28,31);2-14H,15H2,1H3,(H,29,31)(H,30,32)/b25-17+;24-17+;21-15+;22-12+. The second kappa shape index (κ2) is 41.8. The summed E-state index contributed by atoms with van der Waals surface area (Å²) in [6, 6.07) is 71.3. The SMILES string of the molecule is CN(C)C1CCN(C(=O)c2ccc(-c3ccc(/C=C4/C(=O)Nc5ccccc54)o3)cn2)CC1.Cc1cc(NCCN2CCCC2)c2cccc(-c3ccc(/C=C4/C(=O)Nc5ccc(Cl)cc54)o3)c2n1.Cc1cnc(CNC(=O)c2ccc(-c3ccc(/C=C4/C(=O)Nc5ccccc54)o3)cc2)cn1.O=C1Nc2ccc(Cl)cc2/C1=C\c1ccc(-c2cccc(C(=O)NCc3ccnc(N4CCCC4)c3)c2)o1. The number of likely N-dealkylation sites (tertiary alicyclic amines) is 2. The number of hydrogen-bond donors (Lipinski definition) is 7. The second-order valence-corrected chi connectivity index (χ2v) is 36.0. The topological polar surface area (TPSA) is 334 Å². The minimum absolute atomic E-state index is 0.0328. The molecule has 702 valence electrons. The number of nitrogens with one attached hydrogen (secondary N) is 7. The lowest BCUT2D eigenvalue weighted by Crippen LogP contribution is -2.44. The maximum Gasteiger partial charge on any atom is 0.272 e. The van der Waals surface area contributed by atoms with Gasteiger partial charge in [-0.15, -0.1) is 0 Å². The summed E-state index contributed by atoms with van der Waals surface area (Å²) in [6.45, 7) is 12.5. The molecule has 3 fully saturated rings. The van der Waals surface area contributed by atoms with Crippen LogP contribution in [0, 0.1) is 13.8 Å². The number of anilines is 6. The zero-order valence-electron chi connectivity index (χ0n) is 77.2. The van der Waals surface area contributed by atoms with Gasteiger partial charge in [0.25, 0.3) is 41.4 Å². The van der Waals surface area contributed by atoms with Crippen molar-refractivity contribution in [3.8, 4) is 45.3 Å². The molecule has 8 aromatic heterocycles. The third-order valence-corrected chi connectivity index (χ3v) is 25.8. The van der Waals surface area contributed by atoms with Crippen LogP contribution in [-0.2, 0) is 32.3 Å². The van der Waals surface area contributed by atoms with Gasteiger partial charge in [0.15, 0.2) is 0 Å². The molecule has 0 saturated carbocycles. The number of hydrogen-bond acceptors (Lipinski definition) is 20. The van der Waals surface area contributed by atoms with Crippen LogP contribution in [0.3, 0.4) is 0 Å². The molecule has 140 heavy (non-hydrogen) atoms. The summed E-state index contributed by atoms with van der Waals surface area (Å²) in [5.41, 5.74) is 18.7. The smallest absolute Gasteiger partial charge is 0.272 e. The van der Waals surface area contributed by atoms with E-state index in [1.165, 1.54) is 38.8 Å². The number of nitrogens with zero attached hydrogens (tertiary/aromatic N) is 9. The van der Waals surface area contributed by atoms with Crippen molar-refractivity contribution in [3.63, 3.8) is 0 Å². The Hall–Kier alpha value is -16.2. The molecule has 7 aliphatic heterocycles. The highest BCUT2D eigenvalue weighted by Crippen LogP contribution is 2.42. The van der Waals surface area contributed by atoms with E-state index in [9.17, 15) is 33.6 Å². The molecule has 7 N–H and O–H groups in total. The highest BCUT2D eigenvalue weighted by atomic mass is 35.5. The Bertz CT molecular complexity index is 7400. The van der Waals surface area contributed by atoms with Crippen molar-refractivity contribution in [2.24, 2.45) is 0 Å². The van der Waals surface area contributed by atoms with E-state index in [1.807, 2.05) is 170 Å². The summed E-state index contributed by atoms with van der Waals surface area (Å²) < 4.78 is 24.1. The number of para-hydroxylation sites is 3. The molecule has 0 radical (unpaired) electrons. The fourth-order valence-electron chi connectivity index (χ4n) is 17.9. The molecule has 27 nitrogen and oxygen atoms in total. The van der Waals surface area contributed by atoms with E-state index < -0.39 is 0 Å². The van der Waals surface area contributed by atoms with Crippen LogP contribution >= 0.6 is 23.2 Å². The number of aromatic nitrogens is 5. The van der Waals surface area contributed by atoms with E-state index in [0.29, 0.717) is 120 Å². The van der Waals surface area contributed by atoms with E-state index in [-0.39, 0.29) is 41.4 Å². The predicted molar refractivity (Wildman–Crippen MR) is 548 cm³/mol. The van der Waals surface area contributed by atoms with Crippen molar-refractivity contribution < 1.29 is 51.2 Å². The normalized spacial score (nSPS) is 15.8. The first kappa shape index (κ1) is 92.8. The molecule has 15 aromatic rings. The number of furan rings is 4. The molecule has 7 aliphatic rings. The first-order valence-corrected chi connectivity index (χ1v) is 47.2. The van der Waals surface area contributed by atoms with E-state index in [2.05, 4.69) is 98.1 Å². The van der Waals surface area contributed by atoms with Gasteiger partial charge in [-0.2, -0.15) is 0 Å². The predicted octanol–water partition coefficient (Wildman–Crippen LogP) is 20.9. The number of rotatable bonds is 21. The van der Waals surface area contributed by atoms with E-state index >= 15 is 0 Å². The minimum Gasteiger partial charge on any atom is -0.457 e. The Labute approximate surface area is 817 Å². The average molecular weight is 1900 g/mol. The maximum atomic E-state index is 12.9. The van der Waals surface area contributed by atoms with Crippen LogP contribution in [0.25, 0.3) is 103 Å². The summed E-state index contributed by atoms with van der Waals surface area (Å²) in [7, 11) is 4.17. The molecule has 0 aliphatic carbocycles. The maximum absolute atomic E-state index is 12.9. The molecule has 15 heterocycles. The van der Waals surface area contributed by atoms with Crippen molar-refractivity contribution in [2.75, 3.05) is 97.9 Å². The first-order valence-electron chi connectivity index (χ1n) is 46.5. The van der Waals surface area contributed by atoms with E-state index in [1.54, 1.807) is 116 Å². The van der Waals surface area contributed by atoms with E-state index in [4.69, 9.17) is 45.9 Å². The Morgan fingerprint density at radius 1 is 0.450 bits per heavy atom. The number of fused-ring (bicyclic) bond motifs is 5. The number of carbonyl (C=O) groups excluding carboxylic acids is 7. The van der Waals surface area contributed by atoms with Gasteiger partial charge in [-0.25, -0.2) is 4.98 Å². The van der Waals surface area contributed by atoms with Gasteiger partial charge in [-0.05, 0) is 267 Å². The second-order valence-electron chi connectivity index (χ2n) is 35.1. The van der Waals surface area contributed by atoms with Gasteiger partial charge in [0.05, 0.1) is 51.9 Å². The molecule has 29 heteroatoms. The van der Waals surface area contributed by atoms with Crippen LogP contribution in [0.5, 0.6) is 0 Å². The number of halogens is 2. The molecule has 0 unspecified atom stereocenters. The molecule has 0 bridgehead atoms. The van der Waals surface area contributed by atoms with Gasteiger partial charge in [0, 0.05) is 176 Å². The van der Waals surface area contributed by atoms with Gasteiger partial charge in [-0.3, -0.25) is 53.5 Å². The quantitative estimate of drug-likeness (QED) is 0.0329. The Morgan fingerprint density at radius 3 is 1.55 bits per heavy atom. The van der Waals surface area contributed by atoms with Crippen LogP contribution in [0.2, 0.25) is 10.0 Å². The highest BCUT2D eigenvalue weighted by Gasteiger charge is 2.32.